The van der Waals surface area contributed by atoms with E-state index in [1.807, 2.05) is 12.1 Å². The fraction of sp³-hybridized carbons (Fsp3) is 0.385. The Labute approximate surface area is 126 Å². The summed E-state index contributed by atoms with van der Waals surface area (Å²) >= 11 is 1.11. The minimum absolute atomic E-state index is 0.118. The van der Waals surface area contributed by atoms with E-state index in [9.17, 15) is 9.59 Å². The van der Waals surface area contributed by atoms with Crippen LogP contribution in [0, 0.1) is 0 Å². The van der Waals surface area contributed by atoms with Gasteiger partial charge in [-0.3, -0.25) is 9.59 Å². The number of carbonyl (C=O) groups is 2. The second-order valence-electron chi connectivity index (χ2n) is 4.22. The lowest BCUT2D eigenvalue weighted by molar-refractivity contribution is -0.143. The molecule has 112 valence electrons. The van der Waals surface area contributed by atoms with Crippen molar-refractivity contribution in [2.45, 2.75) is 13.3 Å². The molecule has 8 heteroatoms. The van der Waals surface area contributed by atoms with Crippen molar-refractivity contribution in [3.8, 4) is 0 Å². The Morgan fingerprint density at radius 1 is 1.33 bits per heavy atom. The number of aromatic nitrogens is 2. The maximum atomic E-state index is 11.8. The molecule has 2 N–H and O–H groups in total. The van der Waals surface area contributed by atoms with Crippen molar-refractivity contribution in [3.05, 3.63) is 18.2 Å². The van der Waals surface area contributed by atoms with Crippen molar-refractivity contribution in [2.24, 2.45) is 0 Å². The number of hydrogen-bond donors (Lipinski definition) is 2. The first-order valence-electron chi connectivity index (χ1n) is 6.58. The summed E-state index contributed by atoms with van der Waals surface area (Å²) in [5, 5.41) is 5.66. The molecule has 1 amide bonds. The predicted octanol–water partition coefficient (Wildman–Crippen LogP) is 1.17. The van der Waals surface area contributed by atoms with Gasteiger partial charge in [0.25, 0.3) is 0 Å². The summed E-state index contributed by atoms with van der Waals surface area (Å²) in [4.78, 5) is 22.9. The second kappa shape index (κ2) is 7.65. The molecule has 0 aliphatic carbocycles. The molecule has 0 aliphatic heterocycles. The highest BCUT2D eigenvalue weighted by atomic mass is 32.1. The van der Waals surface area contributed by atoms with Crippen LogP contribution in [0.15, 0.2) is 18.2 Å². The molecular weight excluding hydrogens is 292 g/mol. The third-order valence-corrected chi connectivity index (χ3v) is 3.20. The second-order valence-corrected chi connectivity index (χ2v) is 4.75. The maximum absolute atomic E-state index is 11.8. The summed E-state index contributed by atoms with van der Waals surface area (Å²) in [6, 6.07) is 5.43. The maximum Gasteiger partial charge on any atom is 0.307 e. The molecule has 1 aromatic carbocycles. The minimum Gasteiger partial charge on any atom is -0.466 e. The van der Waals surface area contributed by atoms with Crippen LogP contribution in [0.2, 0.25) is 0 Å². The summed E-state index contributed by atoms with van der Waals surface area (Å²) in [6.45, 7) is 2.64. The molecule has 0 aliphatic rings. The van der Waals surface area contributed by atoms with E-state index < -0.39 is 0 Å². The monoisotopic (exact) mass is 308 g/mol. The number of benzene rings is 1. The van der Waals surface area contributed by atoms with E-state index in [-0.39, 0.29) is 24.8 Å². The first-order valence-corrected chi connectivity index (χ1v) is 7.31. The lowest BCUT2D eigenvalue weighted by Crippen LogP contribution is -2.30. The van der Waals surface area contributed by atoms with Gasteiger partial charge in [0.2, 0.25) is 5.91 Å². The highest BCUT2D eigenvalue weighted by molar-refractivity contribution is 7.00. The SMILES string of the molecule is CCOC(=O)CCNCC(=O)Nc1cccc2nsnc12. The van der Waals surface area contributed by atoms with Crippen LogP contribution in [-0.2, 0) is 14.3 Å². The van der Waals surface area contributed by atoms with Crippen molar-refractivity contribution in [1.29, 1.82) is 0 Å². The van der Waals surface area contributed by atoms with Crippen molar-refractivity contribution >= 4 is 40.3 Å². The highest BCUT2D eigenvalue weighted by Gasteiger charge is 2.08. The summed E-state index contributed by atoms with van der Waals surface area (Å²) < 4.78 is 13.0. The quantitative estimate of drug-likeness (QED) is 0.589. The van der Waals surface area contributed by atoms with Crippen molar-refractivity contribution < 1.29 is 14.3 Å². The smallest absolute Gasteiger partial charge is 0.307 e. The van der Waals surface area contributed by atoms with Crippen LogP contribution in [0.1, 0.15) is 13.3 Å². The van der Waals surface area contributed by atoms with Gasteiger partial charge < -0.3 is 15.4 Å². The number of hydrogen-bond acceptors (Lipinski definition) is 7. The van der Waals surface area contributed by atoms with Gasteiger partial charge in [0.1, 0.15) is 11.0 Å². The Bertz CT molecular complexity index is 629. The number of anilines is 1. The molecule has 7 nitrogen and oxygen atoms in total. The Balaban J connectivity index is 1.77. The van der Waals surface area contributed by atoms with Crippen LogP contribution < -0.4 is 10.6 Å². The summed E-state index contributed by atoms with van der Waals surface area (Å²) in [5.41, 5.74) is 2.08. The van der Waals surface area contributed by atoms with Crippen LogP contribution in [-0.4, -0.2) is 40.3 Å². The zero-order valence-corrected chi connectivity index (χ0v) is 12.4. The highest BCUT2D eigenvalue weighted by Crippen LogP contribution is 2.20. The molecular formula is C13H16N4O3S. The average Bonchev–Trinajstić information content (AvgIpc) is 2.93. The molecule has 2 rings (SSSR count). The third kappa shape index (κ3) is 4.47. The topological polar surface area (TPSA) is 93.2 Å². The largest absolute Gasteiger partial charge is 0.466 e. The lowest BCUT2D eigenvalue weighted by atomic mass is 10.2. The van der Waals surface area contributed by atoms with Gasteiger partial charge in [0.15, 0.2) is 0 Å². The first kappa shape index (κ1) is 15.3. The van der Waals surface area contributed by atoms with Crippen LogP contribution in [0.25, 0.3) is 11.0 Å². The summed E-state index contributed by atoms with van der Waals surface area (Å²) in [6.07, 6.45) is 0.243. The van der Waals surface area contributed by atoms with Crippen LogP contribution in [0.4, 0.5) is 5.69 Å². The molecule has 0 unspecified atom stereocenters. The molecule has 0 bridgehead atoms. The number of ether oxygens (including phenoxy) is 1. The Morgan fingerprint density at radius 3 is 3.00 bits per heavy atom. The van der Waals surface area contributed by atoms with Gasteiger partial charge in [0, 0.05) is 6.54 Å². The van der Waals surface area contributed by atoms with Gasteiger partial charge in [-0.2, -0.15) is 8.75 Å². The average molecular weight is 308 g/mol. The van der Waals surface area contributed by atoms with E-state index >= 15 is 0 Å². The molecule has 0 radical (unpaired) electrons. The van der Waals surface area contributed by atoms with Crippen LogP contribution >= 0.6 is 11.7 Å². The van der Waals surface area contributed by atoms with E-state index in [2.05, 4.69) is 19.4 Å². The fourth-order valence-corrected chi connectivity index (χ4v) is 2.28. The van der Waals surface area contributed by atoms with E-state index in [4.69, 9.17) is 4.74 Å². The molecule has 0 saturated heterocycles. The standard InChI is InChI=1S/C13H16N4O3S/c1-2-20-12(19)6-7-14-8-11(18)15-9-4-3-5-10-13(9)17-21-16-10/h3-5,14H,2,6-8H2,1H3,(H,15,18). The molecule has 1 heterocycles. The van der Waals surface area contributed by atoms with Crippen LogP contribution in [0.5, 0.6) is 0 Å². The third-order valence-electron chi connectivity index (χ3n) is 2.66. The van der Waals surface area contributed by atoms with E-state index in [1.165, 1.54) is 0 Å². The minimum atomic E-state index is -0.274. The molecule has 21 heavy (non-hydrogen) atoms. The van der Waals surface area contributed by atoms with Gasteiger partial charge in [-0.05, 0) is 19.1 Å². The van der Waals surface area contributed by atoms with Gasteiger partial charge in [-0.25, -0.2) is 0 Å². The Kier molecular flexibility index (Phi) is 5.59. The molecule has 0 fully saturated rings. The normalized spacial score (nSPS) is 10.5. The van der Waals surface area contributed by atoms with Gasteiger partial charge in [-0.15, -0.1) is 0 Å². The Morgan fingerprint density at radius 2 is 2.19 bits per heavy atom. The molecule has 0 atom stereocenters. The summed E-state index contributed by atoms with van der Waals surface area (Å²) in [7, 11) is 0. The first-order chi connectivity index (χ1) is 10.2. The number of nitrogens with zero attached hydrogens (tertiary/aromatic N) is 2. The lowest BCUT2D eigenvalue weighted by Gasteiger charge is -2.07. The number of rotatable bonds is 7. The van der Waals surface area contributed by atoms with E-state index in [0.717, 1.165) is 17.2 Å². The number of amides is 1. The van der Waals surface area contributed by atoms with Crippen molar-refractivity contribution in [2.75, 3.05) is 25.0 Å². The number of nitrogens with one attached hydrogen (secondary N) is 2. The van der Waals surface area contributed by atoms with Gasteiger partial charge in [0.05, 0.1) is 37.0 Å². The van der Waals surface area contributed by atoms with Gasteiger partial charge in [-0.1, -0.05) is 6.07 Å². The fourth-order valence-electron chi connectivity index (χ4n) is 1.73. The predicted molar refractivity (Wildman–Crippen MR) is 80.2 cm³/mol. The molecule has 0 saturated carbocycles. The zero-order chi connectivity index (χ0) is 15.1. The number of esters is 1. The number of carbonyl (C=O) groups excluding carboxylic acids is 2. The molecule has 2 aromatic rings. The van der Waals surface area contributed by atoms with Gasteiger partial charge >= 0.3 is 5.97 Å². The molecule has 1 aromatic heterocycles. The van der Waals surface area contributed by atoms with Crippen molar-refractivity contribution in [3.63, 3.8) is 0 Å². The zero-order valence-electron chi connectivity index (χ0n) is 11.6. The molecule has 0 spiro atoms. The van der Waals surface area contributed by atoms with Crippen LogP contribution in [0.3, 0.4) is 0 Å². The summed E-state index contributed by atoms with van der Waals surface area (Å²) in [5.74, 6) is -0.469. The van der Waals surface area contributed by atoms with Crippen molar-refractivity contribution in [1.82, 2.24) is 14.1 Å². The van der Waals surface area contributed by atoms with E-state index in [1.54, 1.807) is 13.0 Å². The van der Waals surface area contributed by atoms with E-state index in [0.29, 0.717) is 24.4 Å². The Hall–Kier alpha value is -2.06. The number of fused-ring (bicyclic) bond motifs is 1.